The van der Waals surface area contributed by atoms with E-state index in [-0.39, 0.29) is 5.69 Å². The van der Waals surface area contributed by atoms with Gasteiger partial charge >= 0.3 is 0 Å². The zero-order valence-electron chi connectivity index (χ0n) is 14.6. The van der Waals surface area contributed by atoms with Crippen molar-refractivity contribution >= 4 is 22.4 Å². The zero-order chi connectivity index (χ0) is 19.1. The molecule has 0 amide bonds. The van der Waals surface area contributed by atoms with E-state index in [1.54, 1.807) is 10.6 Å². The molecule has 7 heteroatoms. The van der Waals surface area contributed by atoms with Crippen LogP contribution in [0.25, 0.3) is 27.9 Å². The third-order valence-electron chi connectivity index (χ3n) is 4.52. The van der Waals surface area contributed by atoms with E-state index in [1.807, 2.05) is 60.7 Å². The Labute approximate surface area is 159 Å². The fraction of sp³-hybridized carbons (Fsp3) is 0. The second-order valence-corrected chi connectivity index (χ2v) is 6.34. The number of para-hydroxylation sites is 1. The molecule has 5 rings (SSSR count). The third kappa shape index (κ3) is 2.75. The maximum atomic E-state index is 11.0. The molecular weight excluding hydrogens is 356 g/mol. The van der Waals surface area contributed by atoms with E-state index in [9.17, 15) is 10.1 Å². The van der Waals surface area contributed by atoms with Gasteiger partial charge in [0.25, 0.3) is 5.69 Å². The monoisotopic (exact) mass is 370 g/mol. The molecule has 0 aliphatic carbocycles. The highest BCUT2D eigenvalue weighted by Crippen LogP contribution is 2.28. The van der Waals surface area contributed by atoms with E-state index >= 15 is 0 Å². The smallest absolute Gasteiger partial charge is 0.271 e. The summed E-state index contributed by atoms with van der Waals surface area (Å²) in [4.78, 5) is 15.2. The Hall–Kier alpha value is -4.13. The molecule has 2 heterocycles. The summed E-state index contributed by atoms with van der Waals surface area (Å²) in [6.07, 6.45) is 0. The first-order chi connectivity index (χ1) is 13.7. The summed E-state index contributed by atoms with van der Waals surface area (Å²) in [5.74, 6) is 1.52. The Morgan fingerprint density at radius 2 is 1.68 bits per heavy atom. The summed E-state index contributed by atoms with van der Waals surface area (Å²) >= 11 is 0. The highest BCUT2D eigenvalue weighted by Gasteiger charge is 2.13. The minimum Gasteiger partial charge on any atom is -0.457 e. The van der Waals surface area contributed by atoms with Crippen LogP contribution >= 0.6 is 0 Å². The number of non-ortho nitro benzene ring substituents is 1. The molecule has 0 aliphatic rings. The SMILES string of the molecule is O=[N+]([O-])c1ccc2nc3cc(-c4ccc(Oc5ccccc5)cc4)[nH]n3c2c1. The molecule has 0 spiro atoms. The van der Waals surface area contributed by atoms with Gasteiger partial charge in [-0.2, -0.15) is 0 Å². The average Bonchev–Trinajstić information content (AvgIpc) is 3.27. The molecule has 136 valence electrons. The molecule has 3 aromatic carbocycles. The lowest BCUT2D eigenvalue weighted by Crippen LogP contribution is -1.89. The molecule has 0 fully saturated rings. The first-order valence-corrected chi connectivity index (χ1v) is 8.66. The minimum atomic E-state index is -0.409. The van der Waals surface area contributed by atoms with Crippen molar-refractivity contribution < 1.29 is 9.66 Å². The molecule has 0 unspecified atom stereocenters. The van der Waals surface area contributed by atoms with Gasteiger partial charge in [0.15, 0.2) is 5.65 Å². The zero-order valence-corrected chi connectivity index (χ0v) is 14.6. The molecule has 5 aromatic rings. The first-order valence-electron chi connectivity index (χ1n) is 8.66. The van der Waals surface area contributed by atoms with Crippen molar-refractivity contribution in [2.45, 2.75) is 0 Å². The van der Waals surface area contributed by atoms with Crippen molar-refractivity contribution in [3.8, 4) is 22.8 Å². The standard InChI is InChI=1S/C21H14N4O3/c26-25(27)15-8-11-18-20(12-15)24-21(22-18)13-19(23-24)14-6-9-17(10-7-14)28-16-4-2-1-3-5-16/h1-13,23H. The molecule has 0 aliphatic heterocycles. The van der Waals surface area contributed by atoms with Gasteiger partial charge < -0.3 is 4.74 Å². The quantitative estimate of drug-likeness (QED) is 0.349. The van der Waals surface area contributed by atoms with Gasteiger partial charge in [0, 0.05) is 18.2 Å². The van der Waals surface area contributed by atoms with Gasteiger partial charge in [0.1, 0.15) is 11.5 Å². The number of rotatable bonds is 4. The van der Waals surface area contributed by atoms with Gasteiger partial charge in [-0.15, -0.1) is 0 Å². The molecule has 0 bridgehead atoms. The highest BCUT2D eigenvalue weighted by atomic mass is 16.6. The van der Waals surface area contributed by atoms with Gasteiger partial charge in [-0.05, 0) is 48.0 Å². The number of benzene rings is 3. The lowest BCUT2D eigenvalue weighted by atomic mass is 10.1. The van der Waals surface area contributed by atoms with E-state index < -0.39 is 4.92 Å². The summed E-state index contributed by atoms with van der Waals surface area (Å²) in [5, 5.41) is 14.3. The van der Waals surface area contributed by atoms with Gasteiger partial charge in [-0.3, -0.25) is 15.2 Å². The Morgan fingerprint density at radius 3 is 2.43 bits per heavy atom. The van der Waals surface area contributed by atoms with Crippen LogP contribution in [0.1, 0.15) is 0 Å². The van der Waals surface area contributed by atoms with Crippen LogP contribution in [0, 0.1) is 10.1 Å². The van der Waals surface area contributed by atoms with Crippen LogP contribution in [0.15, 0.2) is 78.9 Å². The molecule has 0 saturated heterocycles. The number of nitro benzene ring substituents is 1. The summed E-state index contributed by atoms with van der Waals surface area (Å²) in [6.45, 7) is 0. The number of aromatic amines is 1. The van der Waals surface area contributed by atoms with E-state index in [2.05, 4.69) is 10.1 Å². The topological polar surface area (TPSA) is 85.5 Å². The van der Waals surface area contributed by atoms with Gasteiger partial charge in [-0.1, -0.05) is 18.2 Å². The van der Waals surface area contributed by atoms with E-state index in [0.717, 1.165) is 22.8 Å². The highest BCUT2D eigenvalue weighted by molar-refractivity contribution is 5.83. The largest absolute Gasteiger partial charge is 0.457 e. The molecule has 28 heavy (non-hydrogen) atoms. The van der Waals surface area contributed by atoms with Crippen molar-refractivity contribution in [3.63, 3.8) is 0 Å². The third-order valence-corrected chi connectivity index (χ3v) is 4.52. The molecule has 0 saturated carbocycles. The molecular formula is C21H14N4O3. The van der Waals surface area contributed by atoms with E-state index in [0.29, 0.717) is 16.7 Å². The minimum absolute atomic E-state index is 0.0351. The first kappa shape index (κ1) is 16.1. The van der Waals surface area contributed by atoms with Gasteiger partial charge in [0.05, 0.1) is 21.7 Å². The Balaban J connectivity index is 1.48. The Morgan fingerprint density at radius 1 is 0.929 bits per heavy atom. The van der Waals surface area contributed by atoms with Crippen LogP contribution < -0.4 is 4.74 Å². The number of ether oxygens (including phenoxy) is 1. The number of H-pyrrole nitrogens is 1. The van der Waals surface area contributed by atoms with Crippen LogP contribution in [-0.4, -0.2) is 19.5 Å². The van der Waals surface area contributed by atoms with Gasteiger partial charge in [-0.25, -0.2) is 9.50 Å². The summed E-state index contributed by atoms with van der Waals surface area (Å²) in [7, 11) is 0. The molecule has 2 aromatic heterocycles. The van der Waals surface area contributed by atoms with Crippen LogP contribution in [0.5, 0.6) is 11.5 Å². The Kier molecular flexibility index (Phi) is 3.58. The van der Waals surface area contributed by atoms with Crippen LogP contribution in [0.2, 0.25) is 0 Å². The lowest BCUT2D eigenvalue weighted by Gasteiger charge is -2.06. The number of hydrogen-bond acceptors (Lipinski definition) is 4. The molecule has 1 N–H and O–H groups in total. The molecule has 7 nitrogen and oxygen atoms in total. The summed E-state index contributed by atoms with van der Waals surface area (Å²) < 4.78 is 7.57. The molecule has 0 radical (unpaired) electrons. The lowest BCUT2D eigenvalue weighted by molar-refractivity contribution is -0.384. The second kappa shape index (κ2) is 6.24. The fourth-order valence-corrected chi connectivity index (χ4v) is 3.17. The normalized spacial score (nSPS) is 11.1. The molecule has 0 atom stereocenters. The summed E-state index contributed by atoms with van der Waals surface area (Å²) in [6, 6.07) is 23.8. The maximum Gasteiger partial charge on any atom is 0.271 e. The number of nitrogens with zero attached hydrogens (tertiary/aromatic N) is 3. The number of nitro groups is 1. The van der Waals surface area contributed by atoms with Crippen LogP contribution in [0.4, 0.5) is 5.69 Å². The fourth-order valence-electron chi connectivity index (χ4n) is 3.17. The number of fused-ring (bicyclic) bond motifs is 3. The van der Waals surface area contributed by atoms with Crippen LogP contribution in [-0.2, 0) is 0 Å². The predicted molar refractivity (Wildman–Crippen MR) is 106 cm³/mol. The van der Waals surface area contributed by atoms with E-state index in [1.165, 1.54) is 12.1 Å². The Bertz CT molecular complexity index is 1300. The van der Waals surface area contributed by atoms with Crippen molar-refractivity contribution in [2.75, 3.05) is 0 Å². The number of hydrogen-bond donors (Lipinski definition) is 1. The van der Waals surface area contributed by atoms with Crippen molar-refractivity contribution in [3.05, 3.63) is 89.0 Å². The van der Waals surface area contributed by atoms with Crippen molar-refractivity contribution in [2.24, 2.45) is 0 Å². The number of aromatic nitrogens is 3. The number of nitrogens with one attached hydrogen (secondary N) is 1. The predicted octanol–water partition coefficient (Wildman–Crippen LogP) is 5.18. The average molecular weight is 370 g/mol. The van der Waals surface area contributed by atoms with Crippen molar-refractivity contribution in [1.29, 1.82) is 0 Å². The summed E-state index contributed by atoms with van der Waals surface area (Å²) in [5.41, 5.74) is 3.93. The van der Waals surface area contributed by atoms with E-state index in [4.69, 9.17) is 4.74 Å². The van der Waals surface area contributed by atoms with Gasteiger partial charge in [0.2, 0.25) is 0 Å². The number of imidazole rings is 1. The maximum absolute atomic E-state index is 11.0. The van der Waals surface area contributed by atoms with Crippen LogP contribution in [0.3, 0.4) is 0 Å². The second-order valence-electron chi connectivity index (χ2n) is 6.34. The van der Waals surface area contributed by atoms with Crippen molar-refractivity contribution in [1.82, 2.24) is 14.6 Å².